The Bertz CT molecular complexity index is 656. The van der Waals surface area contributed by atoms with Crippen LogP contribution in [0.5, 0.6) is 17.4 Å². The molecular formula is C14H17NO5. The van der Waals surface area contributed by atoms with E-state index in [1.165, 1.54) is 4.57 Å². The van der Waals surface area contributed by atoms with Crippen molar-refractivity contribution in [1.29, 1.82) is 0 Å². The first-order chi connectivity index (χ1) is 9.58. The lowest BCUT2D eigenvalue weighted by Gasteiger charge is -2.12. The molecule has 0 radical (unpaired) electrons. The number of hydrogen-bond donors (Lipinski definition) is 1. The monoisotopic (exact) mass is 279 g/mol. The van der Waals surface area contributed by atoms with Crippen LogP contribution in [-0.4, -0.2) is 23.9 Å². The second-order valence-electron chi connectivity index (χ2n) is 4.33. The van der Waals surface area contributed by atoms with Crippen LogP contribution in [0, 0.1) is 0 Å². The van der Waals surface area contributed by atoms with Gasteiger partial charge < -0.3 is 19.0 Å². The molecular weight excluding hydrogens is 262 g/mol. The minimum absolute atomic E-state index is 0.334. The van der Waals surface area contributed by atoms with Crippen molar-refractivity contribution in [1.82, 2.24) is 4.57 Å². The molecule has 0 aliphatic carbocycles. The van der Waals surface area contributed by atoms with Crippen LogP contribution in [0.25, 0.3) is 0 Å². The summed E-state index contributed by atoms with van der Waals surface area (Å²) in [4.78, 5) is 11.3. The van der Waals surface area contributed by atoms with Crippen LogP contribution in [0.15, 0.2) is 27.4 Å². The molecule has 0 spiro atoms. The van der Waals surface area contributed by atoms with E-state index in [0.717, 1.165) is 5.56 Å². The third-order valence-electron chi connectivity index (χ3n) is 3.23. The lowest BCUT2D eigenvalue weighted by atomic mass is 10.1. The smallest absolute Gasteiger partial charge is 0.421 e. The van der Waals surface area contributed by atoms with Crippen LogP contribution in [0.2, 0.25) is 0 Å². The van der Waals surface area contributed by atoms with Crippen molar-refractivity contribution in [2.45, 2.75) is 12.8 Å². The average molecular weight is 279 g/mol. The fraction of sp³-hybridized carbons (Fsp3) is 0.357. The molecule has 108 valence electrons. The van der Waals surface area contributed by atoms with Gasteiger partial charge in [0.15, 0.2) is 11.5 Å². The topological polar surface area (TPSA) is 73.8 Å². The molecule has 0 unspecified atom stereocenters. The van der Waals surface area contributed by atoms with Gasteiger partial charge in [-0.15, -0.1) is 0 Å². The number of rotatable bonds is 5. The SMILES string of the molecule is COc1cccc(CCc2c(O)oc(=O)n2C)c1OC. The Labute approximate surface area is 116 Å². The van der Waals surface area contributed by atoms with E-state index in [1.54, 1.807) is 21.3 Å². The molecule has 1 N–H and O–H groups in total. The zero-order valence-corrected chi connectivity index (χ0v) is 11.7. The zero-order chi connectivity index (χ0) is 14.7. The summed E-state index contributed by atoms with van der Waals surface area (Å²) in [6, 6.07) is 5.59. The maximum Gasteiger partial charge on any atom is 0.421 e. The number of aromatic hydroxyl groups is 1. The van der Waals surface area contributed by atoms with Gasteiger partial charge in [-0.05, 0) is 24.5 Å². The Balaban J connectivity index is 2.25. The highest BCUT2D eigenvalue weighted by molar-refractivity contribution is 5.46. The van der Waals surface area contributed by atoms with Crippen molar-refractivity contribution in [3.63, 3.8) is 0 Å². The van der Waals surface area contributed by atoms with E-state index < -0.39 is 5.76 Å². The van der Waals surface area contributed by atoms with E-state index in [1.807, 2.05) is 18.2 Å². The predicted octanol–water partition coefficient (Wildman–Crippen LogP) is 1.49. The molecule has 0 aliphatic rings. The first kappa shape index (κ1) is 14.0. The van der Waals surface area contributed by atoms with Crippen molar-refractivity contribution in [2.75, 3.05) is 14.2 Å². The number of aromatic nitrogens is 1. The summed E-state index contributed by atoms with van der Waals surface area (Å²) in [5.41, 5.74) is 1.39. The summed E-state index contributed by atoms with van der Waals surface area (Å²) in [7, 11) is 4.71. The molecule has 0 atom stereocenters. The van der Waals surface area contributed by atoms with Crippen molar-refractivity contribution in [3.05, 3.63) is 40.0 Å². The van der Waals surface area contributed by atoms with Gasteiger partial charge in [0.1, 0.15) is 5.69 Å². The molecule has 0 fully saturated rings. The molecule has 1 aromatic heterocycles. The second kappa shape index (κ2) is 5.73. The molecule has 1 aromatic carbocycles. The lowest BCUT2D eigenvalue weighted by molar-refractivity contribution is 0.314. The Kier molecular flexibility index (Phi) is 4.02. The highest BCUT2D eigenvalue weighted by atomic mass is 16.5. The van der Waals surface area contributed by atoms with Gasteiger partial charge >= 0.3 is 11.7 Å². The first-order valence-electron chi connectivity index (χ1n) is 6.16. The molecule has 0 saturated heterocycles. The number of ether oxygens (including phenoxy) is 2. The van der Waals surface area contributed by atoms with Crippen LogP contribution in [0.3, 0.4) is 0 Å². The molecule has 0 aliphatic heterocycles. The quantitative estimate of drug-likeness (QED) is 0.897. The molecule has 20 heavy (non-hydrogen) atoms. The Morgan fingerprint density at radius 2 is 2.00 bits per heavy atom. The summed E-state index contributed by atoms with van der Waals surface area (Å²) < 4.78 is 16.5. The third kappa shape index (κ3) is 2.49. The normalized spacial score (nSPS) is 10.6. The summed E-state index contributed by atoms with van der Waals surface area (Å²) >= 11 is 0. The third-order valence-corrected chi connectivity index (χ3v) is 3.23. The minimum Gasteiger partial charge on any atom is -0.493 e. The van der Waals surface area contributed by atoms with E-state index in [-0.39, 0.29) is 5.95 Å². The lowest BCUT2D eigenvalue weighted by Crippen LogP contribution is -2.12. The second-order valence-corrected chi connectivity index (χ2v) is 4.33. The molecule has 0 saturated carbocycles. The number of methoxy groups -OCH3 is 2. The summed E-state index contributed by atoms with van der Waals surface area (Å²) in [5, 5.41) is 9.57. The maximum absolute atomic E-state index is 11.3. The fourth-order valence-electron chi connectivity index (χ4n) is 2.14. The van der Waals surface area contributed by atoms with Crippen molar-refractivity contribution >= 4 is 0 Å². The fourth-order valence-corrected chi connectivity index (χ4v) is 2.14. The van der Waals surface area contributed by atoms with Crippen LogP contribution in [0.4, 0.5) is 0 Å². The number of nitrogens with zero attached hydrogens (tertiary/aromatic N) is 1. The highest BCUT2D eigenvalue weighted by Crippen LogP contribution is 2.31. The van der Waals surface area contributed by atoms with Crippen LogP contribution in [0.1, 0.15) is 11.3 Å². The zero-order valence-electron chi connectivity index (χ0n) is 11.7. The van der Waals surface area contributed by atoms with E-state index in [2.05, 4.69) is 4.42 Å². The van der Waals surface area contributed by atoms with E-state index in [4.69, 9.17) is 9.47 Å². The standard InChI is InChI=1S/C14H17NO5/c1-15-10(13(16)20-14(15)17)8-7-9-5-4-6-11(18-2)12(9)19-3/h4-6,16H,7-8H2,1-3H3. The molecule has 2 aromatic rings. The number of oxazole rings is 1. The largest absolute Gasteiger partial charge is 0.493 e. The molecule has 2 rings (SSSR count). The number of aryl methyl sites for hydroxylation is 1. The Morgan fingerprint density at radius 1 is 1.25 bits per heavy atom. The average Bonchev–Trinajstić information content (AvgIpc) is 2.69. The number of hydrogen-bond acceptors (Lipinski definition) is 5. The molecule has 6 heteroatoms. The van der Waals surface area contributed by atoms with Crippen LogP contribution < -0.4 is 15.2 Å². The summed E-state index contributed by atoms with van der Waals surface area (Å²) in [6.07, 6.45) is 1.04. The van der Waals surface area contributed by atoms with E-state index in [9.17, 15) is 9.90 Å². The Hall–Kier alpha value is -2.37. The Morgan fingerprint density at radius 3 is 2.55 bits per heavy atom. The first-order valence-corrected chi connectivity index (χ1v) is 6.16. The molecule has 6 nitrogen and oxygen atoms in total. The van der Waals surface area contributed by atoms with Gasteiger partial charge in [0.2, 0.25) is 0 Å². The van der Waals surface area contributed by atoms with Crippen LogP contribution in [-0.2, 0) is 19.9 Å². The van der Waals surface area contributed by atoms with Crippen LogP contribution >= 0.6 is 0 Å². The van der Waals surface area contributed by atoms with Gasteiger partial charge in [0.05, 0.1) is 14.2 Å². The number of benzene rings is 1. The van der Waals surface area contributed by atoms with E-state index >= 15 is 0 Å². The van der Waals surface area contributed by atoms with Gasteiger partial charge in [-0.2, -0.15) is 0 Å². The maximum atomic E-state index is 11.3. The van der Waals surface area contributed by atoms with Gasteiger partial charge in [-0.3, -0.25) is 4.57 Å². The molecule has 0 bridgehead atoms. The molecule has 1 heterocycles. The van der Waals surface area contributed by atoms with Gasteiger partial charge in [0, 0.05) is 7.05 Å². The van der Waals surface area contributed by atoms with Gasteiger partial charge in [-0.1, -0.05) is 12.1 Å². The van der Waals surface area contributed by atoms with Crippen molar-refractivity contribution in [2.24, 2.45) is 7.05 Å². The predicted molar refractivity (Wildman–Crippen MR) is 72.6 cm³/mol. The molecule has 0 amide bonds. The van der Waals surface area contributed by atoms with Crippen molar-refractivity contribution < 1.29 is 19.0 Å². The van der Waals surface area contributed by atoms with Gasteiger partial charge in [-0.25, -0.2) is 4.79 Å². The summed E-state index contributed by atoms with van der Waals surface area (Å²) in [6.45, 7) is 0. The van der Waals surface area contributed by atoms with E-state index in [0.29, 0.717) is 30.0 Å². The van der Waals surface area contributed by atoms with Gasteiger partial charge in [0.25, 0.3) is 0 Å². The summed E-state index contributed by atoms with van der Waals surface area (Å²) in [5.74, 6) is 0.396. The minimum atomic E-state index is -0.574. The number of para-hydroxylation sites is 1. The highest BCUT2D eigenvalue weighted by Gasteiger charge is 2.15. The van der Waals surface area contributed by atoms with Crippen molar-refractivity contribution in [3.8, 4) is 17.4 Å².